The number of thiocarbonyl (C=S) groups is 1. The minimum absolute atomic E-state index is 0.383. The van der Waals surface area contributed by atoms with Gasteiger partial charge in [0.25, 0.3) is 0 Å². The first-order chi connectivity index (χ1) is 12.7. The summed E-state index contributed by atoms with van der Waals surface area (Å²) in [6.07, 6.45) is 0. The number of benzene rings is 2. The van der Waals surface area contributed by atoms with Gasteiger partial charge in [0.05, 0.1) is 18.0 Å². The molecule has 0 aliphatic carbocycles. The fourth-order valence-electron chi connectivity index (χ4n) is 2.47. The van der Waals surface area contributed by atoms with E-state index < -0.39 is 0 Å². The van der Waals surface area contributed by atoms with Gasteiger partial charge in [-0.25, -0.2) is 0 Å². The van der Waals surface area contributed by atoms with Crippen molar-refractivity contribution in [1.29, 1.82) is 0 Å². The van der Waals surface area contributed by atoms with Crippen molar-refractivity contribution in [2.75, 3.05) is 25.1 Å². The van der Waals surface area contributed by atoms with E-state index in [9.17, 15) is 0 Å². The zero-order valence-corrected chi connectivity index (χ0v) is 15.6. The Hall–Kier alpha value is -2.80. The van der Waals surface area contributed by atoms with E-state index >= 15 is 0 Å². The van der Waals surface area contributed by atoms with Crippen LogP contribution in [0.2, 0.25) is 0 Å². The normalized spacial score (nSPS) is 13.1. The first kappa shape index (κ1) is 18.0. The van der Waals surface area contributed by atoms with E-state index in [0.717, 1.165) is 34.2 Å². The van der Waals surface area contributed by atoms with Gasteiger partial charge in [-0.05, 0) is 56.4 Å². The Morgan fingerprint density at radius 3 is 2.73 bits per heavy atom. The lowest BCUT2D eigenvalue weighted by Gasteiger charge is -2.18. The highest BCUT2D eigenvalue weighted by Crippen LogP contribution is 2.30. The van der Waals surface area contributed by atoms with Crippen molar-refractivity contribution in [3.8, 4) is 17.2 Å². The molecule has 0 saturated carbocycles. The number of nitrogens with zero attached hydrogens (tertiary/aromatic N) is 1. The van der Waals surface area contributed by atoms with E-state index in [1.54, 1.807) is 0 Å². The highest BCUT2D eigenvalue weighted by molar-refractivity contribution is 7.80. The molecular weight excluding hydrogens is 350 g/mol. The second-order valence-electron chi connectivity index (χ2n) is 5.55. The number of fused-ring (bicyclic) bond motifs is 1. The van der Waals surface area contributed by atoms with Crippen LogP contribution in [0.4, 0.5) is 5.69 Å². The molecule has 0 fully saturated rings. The standard InChI is InChI=1S/C19H21N3O3S/c1-3-23-16-7-5-4-6-15(16)20-19(26)22-21-13(2)14-8-9-17-18(12-14)25-11-10-24-17/h4-9,12H,3,10-11H2,1-2H3,(H2,20,22,26)/b21-13+. The summed E-state index contributed by atoms with van der Waals surface area (Å²) >= 11 is 5.32. The van der Waals surface area contributed by atoms with Gasteiger partial charge < -0.3 is 19.5 Å². The Morgan fingerprint density at radius 1 is 1.15 bits per heavy atom. The summed E-state index contributed by atoms with van der Waals surface area (Å²) in [7, 11) is 0. The van der Waals surface area contributed by atoms with E-state index in [1.165, 1.54) is 0 Å². The lowest BCUT2D eigenvalue weighted by molar-refractivity contribution is 0.171. The molecule has 0 bridgehead atoms. The fraction of sp³-hybridized carbons (Fsp3) is 0.263. The van der Waals surface area contributed by atoms with Gasteiger partial charge in [0.1, 0.15) is 19.0 Å². The number of nitrogens with one attached hydrogen (secondary N) is 2. The van der Waals surface area contributed by atoms with Crippen molar-refractivity contribution >= 4 is 28.7 Å². The van der Waals surface area contributed by atoms with Crippen LogP contribution in [-0.4, -0.2) is 30.6 Å². The molecule has 1 heterocycles. The highest BCUT2D eigenvalue weighted by Gasteiger charge is 2.12. The minimum atomic E-state index is 0.383. The molecule has 7 heteroatoms. The van der Waals surface area contributed by atoms with Crippen LogP contribution >= 0.6 is 12.2 Å². The third-order valence-corrected chi connectivity index (χ3v) is 3.91. The third-order valence-electron chi connectivity index (χ3n) is 3.72. The number of hydrogen-bond acceptors (Lipinski definition) is 5. The number of hydrazone groups is 1. The van der Waals surface area contributed by atoms with Crippen molar-refractivity contribution < 1.29 is 14.2 Å². The number of rotatable bonds is 5. The average Bonchev–Trinajstić information content (AvgIpc) is 2.67. The molecule has 0 spiro atoms. The summed E-state index contributed by atoms with van der Waals surface area (Å²) in [5.41, 5.74) is 5.36. The molecular formula is C19H21N3O3S. The van der Waals surface area contributed by atoms with Crippen molar-refractivity contribution in [2.24, 2.45) is 5.10 Å². The Morgan fingerprint density at radius 2 is 1.92 bits per heavy atom. The molecule has 2 aromatic rings. The van der Waals surface area contributed by atoms with E-state index in [0.29, 0.717) is 24.9 Å². The van der Waals surface area contributed by atoms with Gasteiger partial charge in [-0.3, -0.25) is 5.43 Å². The smallest absolute Gasteiger partial charge is 0.191 e. The second-order valence-corrected chi connectivity index (χ2v) is 5.96. The lowest BCUT2D eigenvalue weighted by Crippen LogP contribution is -2.25. The topological polar surface area (TPSA) is 64.1 Å². The first-order valence-electron chi connectivity index (χ1n) is 8.40. The Balaban J connectivity index is 1.64. The maximum absolute atomic E-state index is 5.60. The molecule has 2 aromatic carbocycles. The zero-order chi connectivity index (χ0) is 18.4. The van der Waals surface area contributed by atoms with Crippen molar-refractivity contribution in [3.05, 3.63) is 48.0 Å². The van der Waals surface area contributed by atoms with Crippen molar-refractivity contribution in [2.45, 2.75) is 13.8 Å². The SMILES string of the molecule is CCOc1ccccc1NC(=S)N/N=C(\C)c1ccc2c(c1)OCCO2. The van der Waals surface area contributed by atoms with Crippen LogP contribution in [0.3, 0.4) is 0 Å². The first-order valence-corrected chi connectivity index (χ1v) is 8.81. The quantitative estimate of drug-likeness (QED) is 0.476. The van der Waals surface area contributed by atoms with Crippen LogP contribution < -0.4 is 25.0 Å². The molecule has 0 unspecified atom stereocenters. The number of hydrogen-bond donors (Lipinski definition) is 2. The van der Waals surface area contributed by atoms with Crippen molar-refractivity contribution in [1.82, 2.24) is 5.43 Å². The molecule has 0 radical (unpaired) electrons. The fourth-order valence-corrected chi connectivity index (χ4v) is 2.62. The largest absolute Gasteiger partial charge is 0.492 e. The van der Waals surface area contributed by atoms with Crippen LogP contribution in [0.15, 0.2) is 47.6 Å². The summed E-state index contributed by atoms with van der Waals surface area (Å²) in [6.45, 7) is 5.55. The number of anilines is 1. The van der Waals surface area contributed by atoms with Gasteiger partial charge >= 0.3 is 0 Å². The van der Waals surface area contributed by atoms with E-state index in [4.69, 9.17) is 26.4 Å². The molecule has 0 aromatic heterocycles. The van der Waals surface area contributed by atoms with Gasteiger partial charge in [0.15, 0.2) is 16.6 Å². The summed E-state index contributed by atoms with van der Waals surface area (Å²) in [4.78, 5) is 0. The summed E-state index contributed by atoms with van der Waals surface area (Å²) in [5, 5.41) is 7.82. The molecule has 2 N–H and O–H groups in total. The predicted molar refractivity (Wildman–Crippen MR) is 107 cm³/mol. The second kappa shape index (κ2) is 8.53. The van der Waals surface area contributed by atoms with E-state index in [1.807, 2.05) is 56.3 Å². The zero-order valence-electron chi connectivity index (χ0n) is 14.7. The summed E-state index contributed by atoms with van der Waals surface area (Å²) in [5.74, 6) is 2.23. The monoisotopic (exact) mass is 371 g/mol. The Labute approximate surface area is 158 Å². The van der Waals surface area contributed by atoms with Gasteiger partial charge in [0.2, 0.25) is 0 Å². The number of para-hydroxylation sites is 2. The molecule has 1 aliphatic heterocycles. The van der Waals surface area contributed by atoms with Crippen LogP contribution in [0.25, 0.3) is 0 Å². The Kier molecular flexibility index (Phi) is 5.91. The molecule has 0 saturated heterocycles. The molecule has 0 atom stereocenters. The van der Waals surface area contributed by atoms with E-state index in [-0.39, 0.29) is 0 Å². The van der Waals surface area contributed by atoms with Gasteiger partial charge in [0, 0.05) is 5.56 Å². The van der Waals surface area contributed by atoms with Crippen LogP contribution in [0, 0.1) is 0 Å². The van der Waals surface area contributed by atoms with Gasteiger partial charge in [-0.2, -0.15) is 5.10 Å². The molecule has 26 heavy (non-hydrogen) atoms. The maximum Gasteiger partial charge on any atom is 0.191 e. The van der Waals surface area contributed by atoms with Gasteiger partial charge in [-0.15, -0.1) is 0 Å². The highest BCUT2D eigenvalue weighted by atomic mass is 32.1. The van der Waals surface area contributed by atoms with Gasteiger partial charge in [-0.1, -0.05) is 12.1 Å². The average molecular weight is 371 g/mol. The molecule has 6 nitrogen and oxygen atoms in total. The molecule has 1 aliphatic rings. The van der Waals surface area contributed by atoms with Crippen LogP contribution in [0.5, 0.6) is 17.2 Å². The minimum Gasteiger partial charge on any atom is -0.492 e. The Bertz CT molecular complexity index is 823. The van der Waals surface area contributed by atoms with E-state index in [2.05, 4.69) is 15.8 Å². The lowest BCUT2D eigenvalue weighted by atomic mass is 10.1. The molecule has 3 rings (SSSR count). The van der Waals surface area contributed by atoms with Crippen molar-refractivity contribution in [3.63, 3.8) is 0 Å². The maximum atomic E-state index is 5.60. The van der Waals surface area contributed by atoms with Crippen LogP contribution in [-0.2, 0) is 0 Å². The van der Waals surface area contributed by atoms with Crippen LogP contribution in [0.1, 0.15) is 19.4 Å². The molecule has 0 amide bonds. The predicted octanol–water partition coefficient (Wildman–Crippen LogP) is 3.57. The third kappa shape index (κ3) is 4.43. The summed E-state index contributed by atoms with van der Waals surface area (Å²) in [6, 6.07) is 13.4. The molecule has 136 valence electrons. The summed E-state index contributed by atoms with van der Waals surface area (Å²) < 4.78 is 16.7. The number of ether oxygens (including phenoxy) is 3.